The van der Waals surface area contributed by atoms with Crippen LogP contribution in [0.4, 0.5) is 23.1 Å². The summed E-state index contributed by atoms with van der Waals surface area (Å²) in [7, 11) is 1.83. The summed E-state index contributed by atoms with van der Waals surface area (Å²) >= 11 is 6.33. The highest BCUT2D eigenvalue weighted by atomic mass is 35.5. The third-order valence-corrected chi connectivity index (χ3v) is 6.40. The van der Waals surface area contributed by atoms with Crippen molar-refractivity contribution in [3.8, 4) is 22.5 Å². The summed E-state index contributed by atoms with van der Waals surface area (Å²) in [6.45, 7) is 4.01. The molecule has 0 bridgehead atoms. The first-order valence-electron chi connectivity index (χ1n) is 11.6. The number of fused-ring (bicyclic) bond motifs is 1. The van der Waals surface area contributed by atoms with E-state index in [1.165, 1.54) is 6.33 Å². The van der Waals surface area contributed by atoms with Gasteiger partial charge in [-0.1, -0.05) is 30.3 Å². The van der Waals surface area contributed by atoms with E-state index in [4.69, 9.17) is 22.3 Å². The maximum atomic E-state index is 6.45. The number of hydrogen-bond acceptors (Lipinski definition) is 7. The van der Waals surface area contributed by atoms with Gasteiger partial charge in [0.05, 0.1) is 22.5 Å². The average molecular weight is 496 g/mol. The summed E-state index contributed by atoms with van der Waals surface area (Å²) in [5, 5.41) is 8.34. The Bertz CT molecular complexity index is 1570. The Labute approximate surface area is 214 Å². The van der Waals surface area contributed by atoms with Crippen molar-refractivity contribution in [3.05, 3.63) is 84.3 Å². The zero-order chi connectivity index (χ0) is 25.2. The fraction of sp³-hybridized carbons (Fsp3) is 0.143. The van der Waals surface area contributed by atoms with Gasteiger partial charge >= 0.3 is 0 Å². The molecule has 0 saturated carbocycles. The molecule has 0 spiro atoms. The van der Waals surface area contributed by atoms with Crippen LogP contribution in [0.25, 0.3) is 33.3 Å². The molecule has 0 aliphatic carbocycles. The van der Waals surface area contributed by atoms with Crippen molar-refractivity contribution < 1.29 is 0 Å². The largest absolute Gasteiger partial charge is 0.383 e. The summed E-state index contributed by atoms with van der Waals surface area (Å²) < 4.78 is 0. The van der Waals surface area contributed by atoms with Crippen molar-refractivity contribution in [2.75, 3.05) is 23.4 Å². The third-order valence-electron chi connectivity index (χ3n) is 6.14. The van der Waals surface area contributed by atoms with Crippen LogP contribution in [0.3, 0.4) is 0 Å². The number of hydrogen-bond donors (Lipinski definition) is 3. The summed E-state index contributed by atoms with van der Waals surface area (Å²) in [4.78, 5) is 18.0. The van der Waals surface area contributed by atoms with Crippen LogP contribution in [0, 0.1) is 6.92 Å². The molecule has 180 valence electrons. The lowest BCUT2D eigenvalue weighted by Crippen LogP contribution is -2.02. The van der Waals surface area contributed by atoms with Gasteiger partial charge < -0.3 is 16.4 Å². The number of halogens is 1. The lowest BCUT2D eigenvalue weighted by molar-refractivity contribution is 1.08. The lowest BCUT2D eigenvalue weighted by atomic mass is 10.0. The number of nitrogens with one attached hydrogen (secondary N) is 2. The number of nitrogen functional groups attached to an aromatic ring is 1. The Morgan fingerprint density at radius 3 is 2.58 bits per heavy atom. The molecule has 0 amide bonds. The van der Waals surface area contributed by atoms with Gasteiger partial charge in [-0.15, -0.1) is 11.6 Å². The topological polar surface area (TPSA) is 102 Å². The molecular weight excluding hydrogens is 470 g/mol. The van der Waals surface area contributed by atoms with Crippen LogP contribution in [-0.2, 0) is 0 Å². The maximum absolute atomic E-state index is 6.45. The molecule has 36 heavy (non-hydrogen) atoms. The van der Waals surface area contributed by atoms with Crippen molar-refractivity contribution in [2.24, 2.45) is 0 Å². The number of nitrogens with two attached hydrogens (primary N) is 1. The highest BCUT2D eigenvalue weighted by Crippen LogP contribution is 2.37. The van der Waals surface area contributed by atoms with E-state index in [-0.39, 0.29) is 5.38 Å². The fourth-order valence-electron chi connectivity index (χ4n) is 4.19. The van der Waals surface area contributed by atoms with Crippen molar-refractivity contribution >= 4 is 45.5 Å². The predicted molar refractivity (Wildman–Crippen MR) is 149 cm³/mol. The molecule has 0 saturated heterocycles. The number of aromatic nitrogens is 4. The number of benzene rings is 2. The van der Waals surface area contributed by atoms with E-state index in [0.717, 1.165) is 55.9 Å². The van der Waals surface area contributed by atoms with Gasteiger partial charge in [0.2, 0.25) is 0 Å². The Kier molecular flexibility index (Phi) is 6.40. The smallest absolute Gasteiger partial charge is 0.139 e. The van der Waals surface area contributed by atoms with E-state index in [1.54, 1.807) is 6.20 Å². The first-order valence-corrected chi connectivity index (χ1v) is 12.0. The molecule has 0 aliphatic heterocycles. The molecule has 3 aromatic heterocycles. The van der Waals surface area contributed by atoms with Gasteiger partial charge in [-0.05, 0) is 49.2 Å². The van der Waals surface area contributed by atoms with Crippen LogP contribution in [-0.4, -0.2) is 27.0 Å². The molecule has 0 fully saturated rings. The number of anilines is 4. The quantitative estimate of drug-likeness (QED) is 0.224. The van der Waals surface area contributed by atoms with Crippen LogP contribution >= 0.6 is 11.6 Å². The molecule has 1 unspecified atom stereocenters. The normalized spacial score (nSPS) is 11.9. The number of pyridine rings is 2. The monoisotopic (exact) mass is 495 g/mol. The minimum atomic E-state index is -0.102. The Morgan fingerprint density at radius 2 is 1.78 bits per heavy atom. The van der Waals surface area contributed by atoms with Gasteiger partial charge in [0.15, 0.2) is 0 Å². The second-order valence-corrected chi connectivity index (χ2v) is 9.20. The molecule has 2 aromatic carbocycles. The standard InChI is InChI=1S/C28H26ClN7/c1-16-9-10-20-22(13-23(35-27(20)30)19-7-4-6-18(12-19)17(2)29)26(16)36-28-21(8-5-11-32-28)24-14-25(31-3)34-15-33-24/h4-15,17H,1-3H3,(H2,30,35)(H,32,36)(H,31,33,34). The van der Waals surface area contributed by atoms with E-state index in [0.29, 0.717) is 11.6 Å². The van der Waals surface area contributed by atoms with Crippen molar-refractivity contribution in [1.82, 2.24) is 19.9 Å². The van der Waals surface area contributed by atoms with Crippen LogP contribution in [0.5, 0.6) is 0 Å². The van der Waals surface area contributed by atoms with E-state index in [1.807, 2.05) is 62.5 Å². The predicted octanol–water partition coefficient (Wildman–Crippen LogP) is 6.73. The number of aryl methyl sites for hydroxylation is 1. The molecule has 7 nitrogen and oxygen atoms in total. The van der Waals surface area contributed by atoms with E-state index in [2.05, 4.69) is 44.6 Å². The number of nitrogens with zero attached hydrogens (tertiary/aromatic N) is 4. The van der Waals surface area contributed by atoms with E-state index >= 15 is 0 Å². The summed E-state index contributed by atoms with van der Waals surface area (Å²) in [6, 6.07) is 19.9. The van der Waals surface area contributed by atoms with Gasteiger partial charge in [0, 0.05) is 41.2 Å². The maximum Gasteiger partial charge on any atom is 0.139 e. The Balaban J connectivity index is 1.65. The zero-order valence-electron chi connectivity index (χ0n) is 20.2. The lowest BCUT2D eigenvalue weighted by Gasteiger charge is -2.17. The van der Waals surface area contributed by atoms with Crippen LogP contribution in [0.2, 0.25) is 0 Å². The minimum absolute atomic E-state index is 0.102. The van der Waals surface area contributed by atoms with Crippen molar-refractivity contribution in [2.45, 2.75) is 19.2 Å². The highest BCUT2D eigenvalue weighted by Gasteiger charge is 2.15. The average Bonchev–Trinajstić information content (AvgIpc) is 2.90. The molecular formula is C28H26ClN7. The SMILES string of the molecule is CNc1cc(-c2cccnc2Nc2c(C)ccc3c(N)nc(-c4cccc(C(C)Cl)c4)cc23)ncn1. The Hall–Kier alpha value is -4.23. The summed E-state index contributed by atoms with van der Waals surface area (Å²) in [5.74, 6) is 1.88. The first kappa shape index (κ1) is 23.5. The van der Waals surface area contributed by atoms with Crippen LogP contribution in [0.15, 0.2) is 73.2 Å². The van der Waals surface area contributed by atoms with Crippen LogP contribution in [0.1, 0.15) is 23.4 Å². The molecule has 8 heteroatoms. The van der Waals surface area contributed by atoms with Gasteiger partial charge in [-0.25, -0.2) is 19.9 Å². The molecule has 3 heterocycles. The molecule has 0 aliphatic rings. The van der Waals surface area contributed by atoms with Crippen LogP contribution < -0.4 is 16.4 Å². The molecule has 0 radical (unpaired) electrons. The van der Waals surface area contributed by atoms with Gasteiger partial charge in [0.25, 0.3) is 0 Å². The van der Waals surface area contributed by atoms with Crippen molar-refractivity contribution in [3.63, 3.8) is 0 Å². The molecule has 4 N–H and O–H groups in total. The second kappa shape index (κ2) is 9.79. The fourth-order valence-corrected chi connectivity index (χ4v) is 4.33. The van der Waals surface area contributed by atoms with Gasteiger partial charge in [-0.2, -0.15) is 0 Å². The zero-order valence-corrected chi connectivity index (χ0v) is 21.0. The Morgan fingerprint density at radius 1 is 0.917 bits per heavy atom. The van der Waals surface area contributed by atoms with Crippen molar-refractivity contribution in [1.29, 1.82) is 0 Å². The van der Waals surface area contributed by atoms with Gasteiger partial charge in [0.1, 0.15) is 23.8 Å². The number of alkyl halides is 1. The number of rotatable bonds is 6. The summed E-state index contributed by atoms with van der Waals surface area (Å²) in [5.41, 5.74) is 12.8. The second-order valence-electron chi connectivity index (χ2n) is 8.55. The molecule has 5 aromatic rings. The third kappa shape index (κ3) is 4.53. The highest BCUT2D eigenvalue weighted by molar-refractivity contribution is 6.20. The summed E-state index contributed by atoms with van der Waals surface area (Å²) in [6.07, 6.45) is 3.29. The molecule has 1 atom stereocenters. The van der Waals surface area contributed by atoms with E-state index in [9.17, 15) is 0 Å². The van der Waals surface area contributed by atoms with E-state index < -0.39 is 0 Å². The van der Waals surface area contributed by atoms with Gasteiger partial charge in [-0.3, -0.25) is 0 Å². The first-order chi connectivity index (χ1) is 17.4. The minimum Gasteiger partial charge on any atom is -0.383 e. The molecule has 5 rings (SSSR count).